The molecule has 10 nitrogen and oxygen atoms in total. The molecule has 0 aromatic heterocycles. The van der Waals surface area contributed by atoms with Crippen LogP contribution < -0.4 is 10.0 Å². The number of carbonyl (C=O) groups is 3. The molecule has 4 aliphatic heterocycles. The maximum absolute atomic E-state index is 12.2. The highest BCUT2D eigenvalue weighted by molar-refractivity contribution is 6.25. The van der Waals surface area contributed by atoms with E-state index in [0.29, 0.717) is 21.4 Å². The fraction of sp³-hybridized carbons (Fsp3) is 0.381. The van der Waals surface area contributed by atoms with Gasteiger partial charge in [0, 0.05) is 16.5 Å². The monoisotopic (exact) mass is 438 g/mol. The molecule has 0 aliphatic carbocycles. The maximum Gasteiger partial charge on any atom is 0.261 e. The Morgan fingerprint density at radius 2 is 1.32 bits per heavy atom. The first-order valence-electron chi connectivity index (χ1n) is 9.46. The predicted molar refractivity (Wildman–Crippen MR) is 112 cm³/mol. The van der Waals surface area contributed by atoms with E-state index in [0.717, 1.165) is 11.3 Å². The molecule has 4 heterocycles. The van der Waals surface area contributed by atoms with Crippen LogP contribution in [0.4, 0.5) is 0 Å². The number of carboxylic acids is 1. The number of carboxylic acid groups (broad SMARTS) is 1. The van der Waals surface area contributed by atoms with Gasteiger partial charge in [-0.25, -0.2) is 0 Å². The summed E-state index contributed by atoms with van der Waals surface area (Å²) in [7, 11) is 0. The normalized spacial score (nSPS) is 20.2. The van der Waals surface area contributed by atoms with E-state index in [1.807, 2.05) is 4.90 Å². The lowest BCUT2D eigenvalue weighted by Gasteiger charge is -2.35. The smallest absolute Gasteiger partial charge is 0.261 e. The molecule has 9 N–H and O–H groups in total. The number of carbonyl (C=O) groups excluding carboxylic acids is 3. The number of aliphatic carboxylic acids is 1. The van der Waals surface area contributed by atoms with Crippen LogP contribution in [0, 0.1) is 5.92 Å². The number of imide groups is 1. The zero-order valence-corrected chi connectivity index (χ0v) is 17.1. The molecule has 172 valence electrons. The Morgan fingerprint density at radius 3 is 1.65 bits per heavy atom. The van der Waals surface area contributed by atoms with Crippen molar-refractivity contribution in [3.63, 3.8) is 0 Å². The van der Waals surface area contributed by atoms with Crippen LogP contribution in [0.2, 0.25) is 0 Å². The number of rotatable bonds is 2. The fourth-order valence-electron chi connectivity index (χ4n) is 4.39. The van der Waals surface area contributed by atoms with Crippen molar-refractivity contribution >= 4 is 28.6 Å². The minimum Gasteiger partial charge on any atom is -0.548 e. The third kappa shape index (κ3) is 5.43. The molecule has 4 aliphatic rings. The van der Waals surface area contributed by atoms with Crippen molar-refractivity contribution in [1.29, 1.82) is 0 Å². The second kappa shape index (κ2) is 11.5. The molecular formula is C21H30N2O8. The summed E-state index contributed by atoms with van der Waals surface area (Å²) in [6, 6.07) is 10.2. The van der Waals surface area contributed by atoms with Crippen molar-refractivity contribution in [2.45, 2.75) is 19.3 Å². The van der Waals surface area contributed by atoms with Gasteiger partial charge in [0.2, 0.25) is 0 Å². The van der Waals surface area contributed by atoms with Crippen molar-refractivity contribution in [1.82, 2.24) is 4.90 Å². The SMILES string of the molecule is C1C[NH+]2CCC1CC2.O.O.O.O.O=C([O-])CN1C(=O)c2cccc3cccc(c23)C1=O. The summed E-state index contributed by atoms with van der Waals surface area (Å²) < 4.78 is 0. The molecule has 10 heteroatoms. The molecule has 6 rings (SSSR count). The first-order chi connectivity index (χ1) is 13.0. The van der Waals surface area contributed by atoms with Gasteiger partial charge in [0.05, 0.1) is 32.1 Å². The minimum absolute atomic E-state index is 0. The van der Waals surface area contributed by atoms with E-state index < -0.39 is 24.3 Å². The second-order valence-electron chi connectivity index (χ2n) is 7.51. The Labute approximate surface area is 179 Å². The summed E-state index contributed by atoms with van der Waals surface area (Å²) in [6.45, 7) is 3.70. The van der Waals surface area contributed by atoms with Gasteiger partial charge in [-0.05, 0) is 42.7 Å². The Balaban J connectivity index is 0.000000642. The van der Waals surface area contributed by atoms with Gasteiger partial charge in [0.15, 0.2) is 0 Å². The highest BCUT2D eigenvalue weighted by Gasteiger charge is 2.32. The topological polar surface area (TPSA) is 208 Å². The van der Waals surface area contributed by atoms with Crippen molar-refractivity contribution in [3.05, 3.63) is 47.5 Å². The minimum atomic E-state index is -1.46. The molecule has 3 saturated heterocycles. The van der Waals surface area contributed by atoms with Crippen molar-refractivity contribution in [2.24, 2.45) is 5.92 Å². The van der Waals surface area contributed by atoms with Crippen LogP contribution >= 0.6 is 0 Å². The molecule has 0 spiro atoms. The number of hydrogen-bond donors (Lipinski definition) is 1. The van der Waals surface area contributed by atoms with Crippen molar-refractivity contribution in [3.8, 4) is 0 Å². The average Bonchev–Trinajstić information content (AvgIpc) is 2.71. The number of nitrogens with zero attached hydrogens (tertiary/aromatic N) is 1. The first kappa shape index (κ1) is 28.1. The van der Waals surface area contributed by atoms with Gasteiger partial charge < -0.3 is 36.7 Å². The van der Waals surface area contributed by atoms with E-state index in [-0.39, 0.29) is 21.9 Å². The van der Waals surface area contributed by atoms with Crippen LogP contribution in [0.3, 0.4) is 0 Å². The molecule has 2 aromatic carbocycles. The summed E-state index contributed by atoms with van der Waals surface area (Å²) in [5.74, 6) is -1.53. The van der Waals surface area contributed by atoms with E-state index >= 15 is 0 Å². The number of piperidine rings is 3. The molecule has 0 saturated carbocycles. The predicted octanol–water partition coefficient (Wildman–Crippen LogP) is -3.43. The zero-order valence-electron chi connectivity index (χ0n) is 17.1. The first-order valence-corrected chi connectivity index (χ1v) is 9.46. The number of amides is 2. The third-order valence-corrected chi connectivity index (χ3v) is 5.86. The lowest BCUT2D eigenvalue weighted by atomic mass is 9.89. The molecular weight excluding hydrogens is 408 g/mol. The Morgan fingerprint density at radius 1 is 0.871 bits per heavy atom. The molecule has 31 heavy (non-hydrogen) atoms. The average molecular weight is 438 g/mol. The number of hydrogen-bond acceptors (Lipinski definition) is 4. The highest BCUT2D eigenvalue weighted by Crippen LogP contribution is 2.29. The van der Waals surface area contributed by atoms with Crippen molar-refractivity contribution in [2.75, 3.05) is 26.2 Å². The third-order valence-electron chi connectivity index (χ3n) is 5.86. The largest absolute Gasteiger partial charge is 0.548 e. The number of benzene rings is 2. The van der Waals surface area contributed by atoms with Crippen molar-refractivity contribution < 1.29 is 46.3 Å². The van der Waals surface area contributed by atoms with Gasteiger partial charge in [-0.2, -0.15) is 0 Å². The Kier molecular flexibility index (Phi) is 10.4. The van der Waals surface area contributed by atoms with Crippen LogP contribution in [0.5, 0.6) is 0 Å². The molecule has 2 aromatic rings. The lowest BCUT2D eigenvalue weighted by molar-refractivity contribution is -0.916. The van der Waals surface area contributed by atoms with Crippen LogP contribution in [0.15, 0.2) is 36.4 Å². The van der Waals surface area contributed by atoms with Crippen LogP contribution in [-0.4, -0.2) is 70.8 Å². The van der Waals surface area contributed by atoms with Crippen LogP contribution in [0.25, 0.3) is 10.8 Å². The van der Waals surface area contributed by atoms with E-state index in [4.69, 9.17) is 0 Å². The quantitative estimate of drug-likeness (QED) is 0.475. The summed E-state index contributed by atoms with van der Waals surface area (Å²) in [6.07, 6.45) is 4.57. The van der Waals surface area contributed by atoms with Gasteiger partial charge in [-0.15, -0.1) is 0 Å². The second-order valence-corrected chi connectivity index (χ2v) is 7.51. The molecule has 0 radical (unpaired) electrons. The number of fused-ring (bicyclic) bond motifs is 3. The van der Waals surface area contributed by atoms with Crippen LogP contribution in [0.1, 0.15) is 40.0 Å². The number of quaternary nitrogens is 1. The van der Waals surface area contributed by atoms with E-state index in [1.165, 1.54) is 38.9 Å². The van der Waals surface area contributed by atoms with Gasteiger partial charge in [-0.3, -0.25) is 14.5 Å². The van der Waals surface area contributed by atoms with Gasteiger partial charge >= 0.3 is 0 Å². The summed E-state index contributed by atoms with van der Waals surface area (Å²) in [5.41, 5.74) is 0.683. The van der Waals surface area contributed by atoms with E-state index in [1.54, 1.807) is 36.4 Å². The molecule has 0 atom stereocenters. The maximum atomic E-state index is 12.2. The molecule has 3 fully saturated rings. The highest BCUT2D eigenvalue weighted by atomic mass is 16.4. The molecule has 2 amide bonds. The van der Waals surface area contributed by atoms with Gasteiger partial charge in [0.1, 0.15) is 0 Å². The summed E-state index contributed by atoms with van der Waals surface area (Å²) in [4.78, 5) is 37.6. The lowest BCUT2D eigenvalue weighted by Crippen LogP contribution is -3.14. The Hall–Kier alpha value is -2.89. The van der Waals surface area contributed by atoms with E-state index in [9.17, 15) is 19.5 Å². The fourth-order valence-corrected chi connectivity index (χ4v) is 4.39. The van der Waals surface area contributed by atoms with Gasteiger partial charge in [-0.1, -0.05) is 24.3 Å². The van der Waals surface area contributed by atoms with Gasteiger partial charge in [0.25, 0.3) is 11.8 Å². The van der Waals surface area contributed by atoms with E-state index in [2.05, 4.69) is 0 Å². The summed E-state index contributed by atoms with van der Waals surface area (Å²) >= 11 is 0. The van der Waals surface area contributed by atoms with Crippen LogP contribution in [-0.2, 0) is 4.79 Å². The summed E-state index contributed by atoms with van der Waals surface area (Å²) in [5, 5.41) is 12.0. The molecule has 0 unspecified atom stereocenters. The molecule has 2 bridgehead atoms. The Bertz CT molecular complexity index is 851. The standard InChI is InChI=1S/C14H9NO4.C7H13N.4H2O/c16-11(17)7-15-13(18)9-5-1-3-8-4-2-6-10(12(8)9)14(15)19;1-4-8-5-2-7(1)3-6-8;;;;/h1-6H,7H2,(H,16,17);7H,1-6H2;4*1H2. The zero-order chi connectivity index (χ0) is 19.0. The number of nitrogens with one attached hydrogen (secondary N) is 1.